The molecule has 0 heterocycles. The molecule has 0 aromatic heterocycles. The van der Waals surface area contributed by atoms with E-state index in [9.17, 15) is 0 Å². The molecule has 0 bridgehead atoms. The van der Waals surface area contributed by atoms with Gasteiger partial charge in [-0.15, -0.1) is 0 Å². The monoisotopic (exact) mass is 1060 g/mol. The summed E-state index contributed by atoms with van der Waals surface area (Å²) in [7, 11) is 0. The summed E-state index contributed by atoms with van der Waals surface area (Å²) in [5, 5.41) is 0. The van der Waals surface area contributed by atoms with Crippen LogP contribution in [0.15, 0.2) is 249 Å². The Bertz CT molecular complexity index is 3610. The van der Waals surface area contributed by atoms with Gasteiger partial charge < -0.3 is 28.9 Å². The van der Waals surface area contributed by atoms with Gasteiger partial charge in [0, 0.05) is 51.2 Å². The minimum atomic E-state index is 0.112. The first-order chi connectivity index (χ1) is 39.6. The highest BCUT2D eigenvalue weighted by Crippen LogP contribution is 2.40. The molecule has 0 aliphatic carbocycles. The van der Waals surface area contributed by atoms with Gasteiger partial charge in [0.05, 0.1) is 12.2 Å². The van der Waals surface area contributed by atoms with Gasteiger partial charge in [0.2, 0.25) is 0 Å². The summed E-state index contributed by atoms with van der Waals surface area (Å²) in [5.41, 5.74) is 16.6. The fourth-order valence-electron chi connectivity index (χ4n) is 9.86. The van der Waals surface area contributed by atoms with Crippen LogP contribution in [0.2, 0.25) is 0 Å². The van der Waals surface area contributed by atoms with Crippen LogP contribution in [0.5, 0.6) is 23.0 Å². The number of rotatable bonds is 22. The summed E-state index contributed by atoms with van der Waals surface area (Å²) in [6, 6.07) is 87.3. The van der Waals surface area contributed by atoms with Crippen LogP contribution in [0.1, 0.15) is 80.8 Å². The van der Waals surface area contributed by atoms with Crippen molar-refractivity contribution in [3.8, 4) is 23.0 Å². The molecular formula is C75H71N3O3. The molecule has 404 valence electrons. The highest BCUT2D eigenvalue weighted by atomic mass is 16.5. The first-order valence-corrected chi connectivity index (χ1v) is 28.3. The van der Waals surface area contributed by atoms with Crippen LogP contribution in [0.4, 0.5) is 51.2 Å². The van der Waals surface area contributed by atoms with Crippen LogP contribution in [0, 0.1) is 6.92 Å². The Hall–Kier alpha value is -9.52. The van der Waals surface area contributed by atoms with Crippen molar-refractivity contribution in [2.75, 3.05) is 14.7 Å². The maximum atomic E-state index is 6.20. The maximum absolute atomic E-state index is 6.20. The SMILES string of the molecule is CCCCc1ccc(N(c2ccc(C=Cc3ccc(N(c4ccc(C=Cc5ccc(N(c6ccccc6)c6ccc(OC(C)C)cc6)cc5C)cc4)c4ccc(Oc5ccccc5)cc4)cc3)cc2)c2ccc(OC(C)C)cc2)cc1. The fraction of sp³-hybridized carbons (Fsp3) is 0.147. The van der Waals surface area contributed by atoms with Crippen molar-refractivity contribution < 1.29 is 14.2 Å². The van der Waals surface area contributed by atoms with Crippen molar-refractivity contribution in [1.82, 2.24) is 0 Å². The molecule has 10 rings (SSSR count). The number of aryl methyl sites for hydroxylation is 2. The summed E-state index contributed by atoms with van der Waals surface area (Å²) in [6.07, 6.45) is 12.4. The molecule has 0 unspecified atom stereocenters. The van der Waals surface area contributed by atoms with E-state index in [-0.39, 0.29) is 12.2 Å². The molecule has 0 N–H and O–H groups in total. The number of unbranched alkanes of at least 4 members (excludes halogenated alkanes) is 1. The van der Waals surface area contributed by atoms with E-state index in [4.69, 9.17) is 14.2 Å². The minimum absolute atomic E-state index is 0.112. The lowest BCUT2D eigenvalue weighted by atomic mass is 10.0. The van der Waals surface area contributed by atoms with Gasteiger partial charge in [0.25, 0.3) is 0 Å². The Balaban J connectivity index is 0.874. The molecule has 0 saturated heterocycles. The largest absolute Gasteiger partial charge is 0.491 e. The number of para-hydroxylation sites is 2. The molecule has 0 aliphatic rings. The summed E-state index contributed by atoms with van der Waals surface area (Å²) in [5.74, 6) is 3.30. The first-order valence-electron chi connectivity index (χ1n) is 28.3. The Morgan fingerprint density at radius 2 is 0.679 bits per heavy atom. The number of hydrogen-bond acceptors (Lipinski definition) is 6. The Labute approximate surface area is 480 Å². The maximum Gasteiger partial charge on any atom is 0.127 e. The Kier molecular flexibility index (Phi) is 17.9. The van der Waals surface area contributed by atoms with Gasteiger partial charge in [0.1, 0.15) is 23.0 Å². The number of ether oxygens (including phenoxy) is 3. The second kappa shape index (κ2) is 26.4. The van der Waals surface area contributed by atoms with Gasteiger partial charge >= 0.3 is 0 Å². The molecule has 0 spiro atoms. The fourth-order valence-corrected chi connectivity index (χ4v) is 9.86. The Morgan fingerprint density at radius 1 is 0.346 bits per heavy atom. The molecule has 6 heteroatoms. The lowest BCUT2D eigenvalue weighted by Crippen LogP contribution is -2.10. The zero-order valence-corrected chi connectivity index (χ0v) is 47.3. The quantitative estimate of drug-likeness (QED) is 0.0630. The van der Waals surface area contributed by atoms with E-state index in [0.29, 0.717) is 0 Å². The van der Waals surface area contributed by atoms with E-state index in [2.05, 4.69) is 261 Å². The molecule has 0 aliphatic heterocycles. The molecule has 0 amide bonds. The highest BCUT2D eigenvalue weighted by molar-refractivity contribution is 5.83. The highest BCUT2D eigenvalue weighted by Gasteiger charge is 2.17. The predicted octanol–water partition coefficient (Wildman–Crippen LogP) is 21.5. The lowest BCUT2D eigenvalue weighted by molar-refractivity contribution is 0.242. The predicted molar refractivity (Wildman–Crippen MR) is 343 cm³/mol. The third kappa shape index (κ3) is 14.4. The summed E-state index contributed by atoms with van der Waals surface area (Å²) in [4.78, 5) is 6.88. The van der Waals surface area contributed by atoms with Crippen LogP contribution < -0.4 is 28.9 Å². The molecular weight excluding hydrogens is 991 g/mol. The topological polar surface area (TPSA) is 37.4 Å². The van der Waals surface area contributed by atoms with E-state index in [1.165, 1.54) is 24.0 Å². The molecule has 0 radical (unpaired) electrons. The van der Waals surface area contributed by atoms with Crippen molar-refractivity contribution in [2.24, 2.45) is 0 Å². The smallest absolute Gasteiger partial charge is 0.127 e. The second-order valence-electron chi connectivity index (χ2n) is 20.8. The number of hydrogen-bond donors (Lipinski definition) is 0. The molecule has 6 nitrogen and oxygen atoms in total. The van der Waals surface area contributed by atoms with Crippen LogP contribution >= 0.6 is 0 Å². The first kappa shape index (κ1) is 54.8. The van der Waals surface area contributed by atoms with Gasteiger partial charge in [-0.2, -0.15) is 0 Å². The molecule has 0 fully saturated rings. The average Bonchev–Trinajstić information content (AvgIpc) is 3.50. The lowest BCUT2D eigenvalue weighted by Gasteiger charge is -2.26. The van der Waals surface area contributed by atoms with Crippen LogP contribution in [-0.4, -0.2) is 12.2 Å². The van der Waals surface area contributed by atoms with Gasteiger partial charge in [0.15, 0.2) is 0 Å². The van der Waals surface area contributed by atoms with Crippen molar-refractivity contribution in [3.05, 3.63) is 282 Å². The summed E-state index contributed by atoms with van der Waals surface area (Å²) in [6.45, 7) is 12.6. The molecule has 10 aromatic rings. The summed E-state index contributed by atoms with van der Waals surface area (Å²) >= 11 is 0. The van der Waals surface area contributed by atoms with Crippen LogP contribution in [-0.2, 0) is 6.42 Å². The van der Waals surface area contributed by atoms with E-state index in [1.54, 1.807) is 0 Å². The van der Waals surface area contributed by atoms with Crippen LogP contribution in [0.25, 0.3) is 24.3 Å². The third-order valence-corrected chi connectivity index (χ3v) is 13.9. The molecule has 81 heavy (non-hydrogen) atoms. The number of benzene rings is 10. The van der Waals surface area contributed by atoms with Crippen molar-refractivity contribution in [3.63, 3.8) is 0 Å². The zero-order valence-electron chi connectivity index (χ0n) is 47.3. The normalized spacial score (nSPS) is 11.4. The zero-order chi connectivity index (χ0) is 55.9. The molecule has 0 saturated carbocycles. The molecule has 0 atom stereocenters. The van der Waals surface area contributed by atoms with Gasteiger partial charge in [-0.1, -0.05) is 129 Å². The molecule has 10 aromatic carbocycles. The van der Waals surface area contributed by atoms with E-state index < -0.39 is 0 Å². The van der Waals surface area contributed by atoms with E-state index in [1.807, 2.05) is 68.4 Å². The Morgan fingerprint density at radius 3 is 1.09 bits per heavy atom. The van der Waals surface area contributed by atoms with E-state index in [0.717, 1.165) is 103 Å². The van der Waals surface area contributed by atoms with E-state index >= 15 is 0 Å². The number of nitrogens with zero attached hydrogens (tertiary/aromatic N) is 3. The van der Waals surface area contributed by atoms with Gasteiger partial charge in [-0.05, 0) is 239 Å². The summed E-state index contributed by atoms with van der Waals surface area (Å²) < 4.78 is 18.2. The van der Waals surface area contributed by atoms with Crippen molar-refractivity contribution in [2.45, 2.75) is 73.0 Å². The minimum Gasteiger partial charge on any atom is -0.491 e. The van der Waals surface area contributed by atoms with Crippen molar-refractivity contribution >= 4 is 75.5 Å². The van der Waals surface area contributed by atoms with Gasteiger partial charge in [-0.3, -0.25) is 0 Å². The van der Waals surface area contributed by atoms with Gasteiger partial charge in [-0.25, -0.2) is 0 Å². The standard InChI is InChI=1S/C75H71N3O3/c1-7-8-15-58-23-33-64(34-24-58)76(68-42-48-73(49-43-68)79-55(2)3)65-35-25-59(26-36-65)20-21-60-27-37-66(38-28-60)77(69-46-52-75(53-47-69)81-72-18-13-10-14-19-72)67-39-29-61(30-40-67)22-31-62-32-41-71(54-57(62)6)78(63-16-11-9-12-17-63)70-44-50-74(51-45-70)80-56(4)5/h9-14,16-56H,7-8,15H2,1-6H3. The third-order valence-electron chi connectivity index (χ3n) is 13.9. The van der Waals surface area contributed by atoms with Crippen molar-refractivity contribution in [1.29, 1.82) is 0 Å². The number of anilines is 9. The average molecular weight is 1060 g/mol. The van der Waals surface area contributed by atoms with Crippen LogP contribution in [0.3, 0.4) is 0 Å². The second-order valence-corrected chi connectivity index (χ2v) is 20.8.